The standard InChI is InChI=1S/C36H36BrN4.Ir/c1-22-17-23(2)19-26(18-22)27-11-9-10-12-28(27)29-15-13-24(20-30(29)37)31-16-14-25(21-38-31)32-39-33(35(3,4)5)41-34(40-32)36(6,7)8;/h9-12,14-21H,1-8H3;/q-1;. The molecule has 42 heavy (non-hydrogen) atoms. The fraction of sp³-hybridized carbons (Fsp3) is 0.278. The Morgan fingerprint density at radius 1 is 0.667 bits per heavy atom. The predicted octanol–water partition coefficient (Wildman–Crippen LogP) is 9.71. The van der Waals surface area contributed by atoms with Crippen molar-refractivity contribution in [2.45, 2.75) is 66.2 Å². The van der Waals surface area contributed by atoms with Crippen LogP contribution in [-0.4, -0.2) is 19.9 Å². The summed E-state index contributed by atoms with van der Waals surface area (Å²) in [5.74, 6) is 2.22. The van der Waals surface area contributed by atoms with Gasteiger partial charge in [0.2, 0.25) is 0 Å². The molecule has 5 rings (SSSR count). The van der Waals surface area contributed by atoms with Crippen LogP contribution in [0, 0.1) is 19.9 Å². The monoisotopic (exact) mass is 796 g/mol. The SMILES string of the molecule is Cc1cc(C)cc(-c2ccccc2-c2c[c-]c(-c3ccc(-c4nc(C(C)(C)C)nc(C(C)(C)C)n4)cn3)cc2Br)c1.[Ir]. The number of pyridine rings is 1. The number of aromatic nitrogens is 4. The number of benzene rings is 3. The van der Waals surface area contributed by atoms with E-state index in [0.717, 1.165) is 44.1 Å². The van der Waals surface area contributed by atoms with Crippen molar-refractivity contribution in [1.29, 1.82) is 0 Å². The zero-order chi connectivity index (χ0) is 29.5. The molecule has 3 aromatic carbocycles. The molecule has 5 aromatic rings. The van der Waals surface area contributed by atoms with Gasteiger partial charge in [0, 0.05) is 42.7 Å². The van der Waals surface area contributed by atoms with E-state index >= 15 is 0 Å². The van der Waals surface area contributed by atoms with E-state index in [2.05, 4.69) is 126 Å². The first kappa shape index (κ1) is 31.9. The normalized spacial score (nSPS) is 11.7. The molecule has 1 radical (unpaired) electrons. The van der Waals surface area contributed by atoms with E-state index < -0.39 is 0 Å². The molecule has 0 amide bonds. The molecule has 0 unspecified atom stereocenters. The Bertz CT molecular complexity index is 1680. The van der Waals surface area contributed by atoms with E-state index in [9.17, 15) is 0 Å². The Kier molecular flexibility index (Phi) is 9.32. The van der Waals surface area contributed by atoms with Gasteiger partial charge in [-0.3, -0.25) is 0 Å². The quantitative estimate of drug-likeness (QED) is 0.170. The summed E-state index contributed by atoms with van der Waals surface area (Å²) in [4.78, 5) is 19.2. The van der Waals surface area contributed by atoms with Crippen LogP contribution in [0.2, 0.25) is 0 Å². The molecule has 0 atom stereocenters. The van der Waals surface area contributed by atoms with Crippen molar-refractivity contribution < 1.29 is 20.1 Å². The Balaban J connectivity index is 0.00000405. The third-order valence-electron chi connectivity index (χ3n) is 6.92. The van der Waals surface area contributed by atoms with Gasteiger partial charge in [-0.2, -0.15) is 0 Å². The second kappa shape index (κ2) is 12.3. The Morgan fingerprint density at radius 3 is 1.79 bits per heavy atom. The maximum absolute atomic E-state index is 4.82. The summed E-state index contributed by atoms with van der Waals surface area (Å²) >= 11 is 3.85. The number of hydrogen-bond acceptors (Lipinski definition) is 4. The summed E-state index contributed by atoms with van der Waals surface area (Å²) in [5, 5.41) is 0. The Morgan fingerprint density at radius 2 is 1.26 bits per heavy atom. The van der Waals surface area contributed by atoms with Crippen molar-refractivity contribution >= 4 is 15.9 Å². The molecule has 2 aromatic heterocycles. The first-order valence-corrected chi connectivity index (χ1v) is 14.7. The van der Waals surface area contributed by atoms with Gasteiger partial charge in [0.1, 0.15) is 11.6 Å². The number of nitrogens with zero attached hydrogens (tertiary/aromatic N) is 4. The summed E-state index contributed by atoms with van der Waals surface area (Å²) < 4.78 is 0.996. The molecule has 0 aliphatic carbocycles. The molecule has 2 heterocycles. The molecule has 6 heteroatoms. The average Bonchev–Trinajstić information content (AvgIpc) is 2.91. The van der Waals surface area contributed by atoms with E-state index in [1.165, 1.54) is 22.3 Å². The maximum atomic E-state index is 4.82. The smallest absolute Gasteiger partial charge is 0.164 e. The zero-order valence-corrected chi connectivity index (χ0v) is 29.4. The van der Waals surface area contributed by atoms with Crippen molar-refractivity contribution in [3.63, 3.8) is 0 Å². The van der Waals surface area contributed by atoms with Gasteiger partial charge < -0.3 is 4.98 Å². The average molecular weight is 797 g/mol. The topological polar surface area (TPSA) is 51.6 Å². The predicted molar refractivity (Wildman–Crippen MR) is 173 cm³/mol. The third-order valence-corrected chi connectivity index (χ3v) is 7.58. The van der Waals surface area contributed by atoms with Crippen molar-refractivity contribution in [2.24, 2.45) is 0 Å². The van der Waals surface area contributed by atoms with Gasteiger partial charge in [0.25, 0.3) is 0 Å². The summed E-state index contributed by atoms with van der Waals surface area (Å²) in [6, 6.07) is 26.9. The molecule has 0 aliphatic rings. The molecule has 0 N–H and O–H groups in total. The van der Waals surface area contributed by atoms with Gasteiger partial charge >= 0.3 is 0 Å². The first-order valence-electron chi connectivity index (χ1n) is 13.9. The minimum Gasteiger partial charge on any atom is -0.304 e. The van der Waals surface area contributed by atoms with Crippen LogP contribution in [0.25, 0.3) is 44.9 Å². The Hall–Kier alpha value is -3.05. The molecular weight excluding hydrogens is 761 g/mol. The van der Waals surface area contributed by atoms with E-state index in [1.54, 1.807) is 0 Å². The van der Waals surface area contributed by atoms with Gasteiger partial charge in [-0.25, -0.2) is 15.0 Å². The number of hydrogen-bond donors (Lipinski definition) is 0. The molecule has 217 valence electrons. The second-order valence-electron chi connectivity index (χ2n) is 12.8. The van der Waals surface area contributed by atoms with Gasteiger partial charge in [-0.05, 0) is 30.7 Å². The second-order valence-corrected chi connectivity index (χ2v) is 13.6. The van der Waals surface area contributed by atoms with Crippen molar-refractivity contribution in [3.8, 4) is 44.9 Å². The molecule has 4 nitrogen and oxygen atoms in total. The van der Waals surface area contributed by atoms with E-state index in [0.29, 0.717) is 5.82 Å². The molecular formula is C36H36BrIrN4-. The van der Waals surface area contributed by atoms with Gasteiger partial charge in [0.15, 0.2) is 5.82 Å². The van der Waals surface area contributed by atoms with Crippen LogP contribution in [0.1, 0.15) is 64.3 Å². The summed E-state index contributed by atoms with van der Waals surface area (Å²) in [6.07, 6.45) is 1.84. The maximum Gasteiger partial charge on any atom is 0.164 e. The molecule has 0 saturated heterocycles. The molecule has 0 aliphatic heterocycles. The summed E-state index contributed by atoms with van der Waals surface area (Å²) in [5.41, 5.74) is 9.42. The largest absolute Gasteiger partial charge is 0.304 e. The van der Waals surface area contributed by atoms with Crippen LogP contribution < -0.4 is 0 Å². The minimum atomic E-state index is -0.190. The van der Waals surface area contributed by atoms with Gasteiger partial charge in [-0.15, -0.1) is 23.8 Å². The van der Waals surface area contributed by atoms with Gasteiger partial charge in [-0.1, -0.05) is 139 Å². The van der Waals surface area contributed by atoms with E-state index in [4.69, 9.17) is 19.9 Å². The third kappa shape index (κ3) is 6.94. The Labute approximate surface area is 272 Å². The van der Waals surface area contributed by atoms with Crippen LogP contribution in [0.3, 0.4) is 0 Å². The van der Waals surface area contributed by atoms with Gasteiger partial charge in [0.05, 0.1) is 0 Å². The van der Waals surface area contributed by atoms with Crippen LogP contribution in [-0.2, 0) is 30.9 Å². The fourth-order valence-corrected chi connectivity index (χ4v) is 5.34. The molecule has 0 fully saturated rings. The zero-order valence-electron chi connectivity index (χ0n) is 25.4. The van der Waals surface area contributed by atoms with Crippen molar-refractivity contribution in [1.82, 2.24) is 19.9 Å². The fourth-order valence-electron chi connectivity index (χ4n) is 4.78. The van der Waals surface area contributed by atoms with Crippen molar-refractivity contribution in [2.75, 3.05) is 0 Å². The van der Waals surface area contributed by atoms with Crippen molar-refractivity contribution in [3.05, 3.63) is 106 Å². The van der Waals surface area contributed by atoms with Crippen LogP contribution in [0.4, 0.5) is 0 Å². The number of rotatable bonds is 4. The van der Waals surface area contributed by atoms with Crippen LogP contribution >= 0.6 is 15.9 Å². The number of aryl methyl sites for hydroxylation is 2. The van der Waals surface area contributed by atoms with Crippen LogP contribution in [0.15, 0.2) is 77.4 Å². The molecule has 0 saturated carbocycles. The first-order chi connectivity index (χ1) is 19.3. The minimum absolute atomic E-state index is 0. The van der Waals surface area contributed by atoms with E-state index in [-0.39, 0.29) is 30.9 Å². The van der Waals surface area contributed by atoms with E-state index in [1.807, 2.05) is 24.4 Å². The molecule has 0 spiro atoms. The molecule has 0 bridgehead atoms. The van der Waals surface area contributed by atoms with Crippen LogP contribution in [0.5, 0.6) is 0 Å². The number of halogens is 1. The summed E-state index contributed by atoms with van der Waals surface area (Å²) in [6.45, 7) is 17.0. The summed E-state index contributed by atoms with van der Waals surface area (Å²) in [7, 11) is 0.